The maximum absolute atomic E-state index is 11.4. The largest absolute Gasteiger partial charge is 0.454 e. The van der Waals surface area contributed by atoms with E-state index in [0.717, 1.165) is 6.08 Å². The molecule has 1 aliphatic heterocycles. The van der Waals surface area contributed by atoms with Crippen LogP contribution >= 0.6 is 0 Å². The van der Waals surface area contributed by atoms with Gasteiger partial charge in [-0.25, -0.2) is 4.79 Å². The number of hydrogen-bond donors (Lipinski definition) is 0. The second-order valence-corrected chi connectivity index (χ2v) is 4.06. The summed E-state index contributed by atoms with van der Waals surface area (Å²) in [4.78, 5) is 21.8. The standard InChI is InChI=1S/C13H10N2O6/c1-8(6-14)21-13(16)3-2-9-4-11-12(20-7-19-11)5-10(9)15(17)18/h2-5,8H,7H2,1H3/b3-2+/t8-/m0/s1. The minimum absolute atomic E-state index is 0.0125. The summed E-state index contributed by atoms with van der Waals surface area (Å²) < 4.78 is 14.9. The smallest absolute Gasteiger partial charge is 0.332 e. The highest BCUT2D eigenvalue weighted by Crippen LogP contribution is 2.38. The minimum atomic E-state index is -0.895. The van der Waals surface area contributed by atoms with E-state index >= 15 is 0 Å². The van der Waals surface area contributed by atoms with Gasteiger partial charge in [0.1, 0.15) is 6.07 Å². The summed E-state index contributed by atoms with van der Waals surface area (Å²) in [5.74, 6) is -0.130. The molecule has 0 aliphatic carbocycles. The first kappa shape index (κ1) is 14.3. The van der Waals surface area contributed by atoms with E-state index in [1.165, 1.54) is 25.1 Å². The maximum Gasteiger partial charge on any atom is 0.332 e. The molecule has 1 aromatic rings. The molecular weight excluding hydrogens is 280 g/mol. The molecule has 1 aromatic carbocycles. The van der Waals surface area contributed by atoms with E-state index in [-0.39, 0.29) is 23.8 Å². The van der Waals surface area contributed by atoms with Gasteiger partial charge in [-0.1, -0.05) is 0 Å². The van der Waals surface area contributed by atoms with E-state index in [1.54, 1.807) is 6.07 Å². The van der Waals surface area contributed by atoms with Gasteiger partial charge in [0.25, 0.3) is 5.69 Å². The number of benzene rings is 1. The molecule has 0 saturated carbocycles. The number of rotatable bonds is 4. The Morgan fingerprint density at radius 3 is 2.81 bits per heavy atom. The van der Waals surface area contributed by atoms with Crippen molar-refractivity contribution in [2.75, 3.05) is 6.79 Å². The summed E-state index contributed by atoms with van der Waals surface area (Å²) in [5.41, 5.74) is -0.0533. The average molecular weight is 290 g/mol. The van der Waals surface area contributed by atoms with Crippen molar-refractivity contribution in [3.63, 3.8) is 0 Å². The quantitative estimate of drug-likeness (QED) is 0.359. The third-order valence-corrected chi connectivity index (χ3v) is 2.59. The van der Waals surface area contributed by atoms with Crippen LogP contribution in [0.3, 0.4) is 0 Å². The van der Waals surface area contributed by atoms with Crippen LogP contribution < -0.4 is 9.47 Å². The molecule has 0 radical (unpaired) electrons. The fourth-order valence-corrected chi connectivity index (χ4v) is 1.64. The van der Waals surface area contributed by atoms with Gasteiger partial charge >= 0.3 is 5.97 Å². The van der Waals surface area contributed by atoms with Crippen LogP contribution in [0.4, 0.5) is 5.69 Å². The number of hydrogen-bond acceptors (Lipinski definition) is 7. The number of esters is 1. The molecule has 0 fully saturated rings. The van der Waals surface area contributed by atoms with Crippen LogP contribution in [0.5, 0.6) is 11.5 Å². The van der Waals surface area contributed by atoms with Crippen LogP contribution in [0, 0.1) is 21.4 Å². The number of ether oxygens (including phenoxy) is 3. The highest BCUT2D eigenvalue weighted by atomic mass is 16.7. The fourth-order valence-electron chi connectivity index (χ4n) is 1.64. The van der Waals surface area contributed by atoms with Crippen molar-refractivity contribution in [1.82, 2.24) is 0 Å². The van der Waals surface area contributed by atoms with Gasteiger partial charge in [-0.3, -0.25) is 10.1 Å². The highest BCUT2D eigenvalue weighted by molar-refractivity contribution is 5.88. The lowest BCUT2D eigenvalue weighted by Gasteiger charge is -2.02. The van der Waals surface area contributed by atoms with Crippen molar-refractivity contribution in [3.05, 3.63) is 33.9 Å². The molecule has 1 aliphatic rings. The summed E-state index contributed by atoms with van der Waals surface area (Å²) in [5, 5.41) is 19.5. The summed E-state index contributed by atoms with van der Waals surface area (Å²) >= 11 is 0. The number of carbonyl (C=O) groups is 1. The number of carbonyl (C=O) groups excluding carboxylic acids is 1. The molecule has 21 heavy (non-hydrogen) atoms. The Bertz CT molecular complexity index is 661. The number of nitro groups is 1. The maximum atomic E-state index is 11.4. The molecule has 0 aromatic heterocycles. The molecule has 8 nitrogen and oxygen atoms in total. The van der Waals surface area contributed by atoms with E-state index in [4.69, 9.17) is 19.5 Å². The van der Waals surface area contributed by atoms with Gasteiger partial charge < -0.3 is 14.2 Å². The minimum Gasteiger partial charge on any atom is -0.454 e. The Morgan fingerprint density at radius 2 is 2.19 bits per heavy atom. The zero-order chi connectivity index (χ0) is 15.4. The van der Waals surface area contributed by atoms with Crippen molar-refractivity contribution in [3.8, 4) is 17.6 Å². The van der Waals surface area contributed by atoms with E-state index in [9.17, 15) is 14.9 Å². The lowest BCUT2D eigenvalue weighted by atomic mass is 10.1. The van der Waals surface area contributed by atoms with Gasteiger partial charge in [0.15, 0.2) is 17.6 Å². The average Bonchev–Trinajstić information content (AvgIpc) is 2.90. The third-order valence-electron chi connectivity index (χ3n) is 2.59. The molecule has 0 unspecified atom stereocenters. The summed E-state index contributed by atoms with van der Waals surface area (Å²) in [6.45, 7) is 1.40. The van der Waals surface area contributed by atoms with Crippen LogP contribution in [0.2, 0.25) is 0 Å². The second-order valence-electron chi connectivity index (χ2n) is 4.06. The number of nitriles is 1. The topological polar surface area (TPSA) is 112 Å². The van der Waals surface area contributed by atoms with E-state index < -0.39 is 17.0 Å². The van der Waals surface area contributed by atoms with Crippen LogP contribution in [0.15, 0.2) is 18.2 Å². The van der Waals surface area contributed by atoms with Crippen LogP contribution in [0.1, 0.15) is 12.5 Å². The Balaban J connectivity index is 2.25. The van der Waals surface area contributed by atoms with Gasteiger partial charge in [0, 0.05) is 6.08 Å². The first-order valence-electron chi connectivity index (χ1n) is 5.87. The lowest BCUT2D eigenvalue weighted by Crippen LogP contribution is -2.10. The number of nitrogens with zero attached hydrogens (tertiary/aromatic N) is 2. The molecule has 1 atom stereocenters. The molecule has 0 spiro atoms. The van der Waals surface area contributed by atoms with E-state index in [1.807, 2.05) is 0 Å². The van der Waals surface area contributed by atoms with Gasteiger partial charge in [0.2, 0.25) is 6.79 Å². The van der Waals surface area contributed by atoms with Gasteiger partial charge in [-0.2, -0.15) is 5.26 Å². The Kier molecular flexibility index (Phi) is 4.04. The van der Waals surface area contributed by atoms with Crippen LogP contribution in [0.25, 0.3) is 6.08 Å². The predicted octanol–water partition coefficient (Wildman–Crippen LogP) is 1.79. The highest BCUT2D eigenvalue weighted by Gasteiger charge is 2.22. The predicted molar refractivity (Wildman–Crippen MR) is 69.4 cm³/mol. The second kappa shape index (κ2) is 5.92. The lowest BCUT2D eigenvalue weighted by molar-refractivity contribution is -0.385. The molecule has 0 saturated heterocycles. The van der Waals surface area contributed by atoms with Crippen molar-refractivity contribution in [2.24, 2.45) is 0 Å². The zero-order valence-corrected chi connectivity index (χ0v) is 10.9. The van der Waals surface area contributed by atoms with Crippen molar-refractivity contribution >= 4 is 17.7 Å². The summed E-state index contributed by atoms with van der Waals surface area (Å²) in [6, 6.07) is 4.36. The van der Waals surface area contributed by atoms with Gasteiger partial charge in [0.05, 0.1) is 16.6 Å². The molecular formula is C13H10N2O6. The van der Waals surface area contributed by atoms with Gasteiger partial charge in [-0.05, 0) is 19.1 Å². The first-order chi connectivity index (χ1) is 10.0. The molecule has 0 bridgehead atoms. The molecule has 0 N–H and O–H groups in total. The van der Waals surface area contributed by atoms with Crippen molar-refractivity contribution in [2.45, 2.75) is 13.0 Å². The van der Waals surface area contributed by atoms with E-state index in [0.29, 0.717) is 5.75 Å². The SMILES string of the molecule is C[C@@H](C#N)OC(=O)/C=C/c1cc2c(cc1[N+](=O)[O-])OCO2. The number of fused-ring (bicyclic) bond motifs is 1. The molecule has 2 rings (SSSR count). The molecule has 0 amide bonds. The summed E-state index contributed by atoms with van der Waals surface area (Å²) in [7, 11) is 0. The molecule has 8 heteroatoms. The van der Waals surface area contributed by atoms with Crippen LogP contribution in [-0.4, -0.2) is 23.8 Å². The fraction of sp³-hybridized carbons (Fsp3) is 0.231. The Hall–Kier alpha value is -3.08. The van der Waals surface area contributed by atoms with Gasteiger partial charge in [-0.15, -0.1) is 0 Å². The summed E-state index contributed by atoms with van der Waals surface area (Å²) in [6.07, 6.45) is 1.35. The first-order valence-corrected chi connectivity index (χ1v) is 5.87. The van der Waals surface area contributed by atoms with E-state index in [2.05, 4.69) is 0 Å². The monoisotopic (exact) mass is 290 g/mol. The molecule has 1 heterocycles. The number of nitro benzene ring substituents is 1. The molecule has 108 valence electrons. The van der Waals surface area contributed by atoms with Crippen molar-refractivity contribution < 1.29 is 23.9 Å². The Morgan fingerprint density at radius 1 is 1.52 bits per heavy atom. The normalized spacial score (nSPS) is 13.7. The Labute approximate surface area is 119 Å². The van der Waals surface area contributed by atoms with Crippen molar-refractivity contribution in [1.29, 1.82) is 5.26 Å². The third kappa shape index (κ3) is 3.27. The van der Waals surface area contributed by atoms with Crippen LogP contribution in [-0.2, 0) is 9.53 Å². The zero-order valence-electron chi connectivity index (χ0n) is 10.9.